The molecule has 0 unspecified atom stereocenters. The maximum Gasteiger partial charge on any atom is 0.254 e. The summed E-state index contributed by atoms with van der Waals surface area (Å²) in [6.07, 6.45) is 3.15. The van der Waals surface area contributed by atoms with Crippen molar-refractivity contribution in [2.75, 3.05) is 39.4 Å². The molecule has 0 aliphatic carbocycles. The highest BCUT2D eigenvalue weighted by molar-refractivity contribution is 5.94. The van der Waals surface area contributed by atoms with Gasteiger partial charge in [0.2, 0.25) is 5.91 Å². The fourth-order valence-electron chi connectivity index (χ4n) is 3.79. The number of ether oxygens (including phenoxy) is 1. The molecule has 0 spiro atoms. The van der Waals surface area contributed by atoms with Gasteiger partial charge in [0.1, 0.15) is 0 Å². The van der Waals surface area contributed by atoms with Gasteiger partial charge in [0.15, 0.2) is 0 Å². The molecule has 0 aromatic heterocycles. The monoisotopic (exact) mass is 358 g/mol. The van der Waals surface area contributed by atoms with Crippen LogP contribution in [-0.2, 0) is 16.0 Å². The van der Waals surface area contributed by atoms with Crippen molar-refractivity contribution in [2.24, 2.45) is 11.8 Å². The summed E-state index contributed by atoms with van der Waals surface area (Å²) in [7, 11) is 0. The first-order chi connectivity index (χ1) is 12.5. The standard InChI is InChI=1S/C21H30N2O3/c1-16(2)20(24)22-9-7-18(8-10-22)15-17-3-5-19(6-4-17)21(25)23-11-13-26-14-12-23/h3-6,16,18H,7-15H2,1-2H3. The Hall–Kier alpha value is -1.88. The summed E-state index contributed by atoms with van der Waals surface area (Å²) >= 11 is 0. The molecule has 1 aromatic carbocycles. The van der Waals surface area contributed by atoms with Crippen molar-refractivity contribution < 1.29 is 14.3 Å². The predicted molar refractivity (Wildman–Crippen MR) is 101 cm³/mol. The van der Waals surface area contributed by atoms with E-state index in [2.05, 4.69) is 12.1 Å². The number of hydrogen-bond acceptors (Lipinski definition) is 3. The first kappa shape index (κ1) is 18.9. The van der Waals surface area contributed by atoms with E-state index in [1.54, 1.807) is 0 Å². The van der Waals surface area contributed by atoms with E-state index in [1.165, 1.54) is 5.56 Å². The Morgan fingerprint density at radius 3 is 2.19 bits per heavy atom. The molecule has 0 atom stereocenters. The molecule has 0 radical (unpaired) electrons. The zero-order chi connectivity index (χ0) is 18.5. The number of piperidine rings is 1. The van der Waals surface area contributed by atoms with Gasteiger partial charge in [-0.15, -0.1) is 0 Å². The number of hydrogen-bond donors (Lipinski definition) is 0. The Morgan fingerprint density at radius 1 is 1.00 bits per heavy atom. The van der Waals surface area contributed by atoms with Crippen LogP contribution in [0.4, 0.5) is 0 Å². The van der Waals surface area contributed by atoms with Gasteiger partial charge in [-0.3, -0.25) is 9.59 Å². The lowest BCUT2D eigenvalue weighted by atomic mass is 9.89. The van der Waals surface area contributed by atoms with Gasteiger partial charge >= 0.3 is 0 Å². The Balaban J connectivity index is 1.50. The minimum absolute atomic E-state index is 0.0862. The lowest BCUT2D eigenvalue weighted by Gasteiger charge is -2.33. The largest absolute Gasteiger partial charge is 0.378 e. The molecule has 2 heterocycles. The third kappa shape index (κ3) is 4.64. The minimum atomic E-state index is 0.0862. The molecule has 26 heavy (non-hydrogen) atoms. The fourth-order valence-corrected chi connectivity index (χ4v) is 3.79. The SMILES string of the molecule is CC(C)C(=O)N1CCC(Cc2ccc(C(=O)N3CCOCC3)cc2)CC1. The van der Waals surface area contributed by atoms with E-state index < -0.39 is 0 Å². The molecular weight excluding hydrogens is 328 g/mol. The molecule has 0 saturated carbocycles. The van der Waals surface area contributed by atoms with Crippen LogP contribution in [0, 0.1) is 11.8 Å². The second kappa shape index (κ2) is 8.67. The van der Waals surface area contributed by atoms with Gasteiger partial charge in [-0.25, -0.2) is 0 Å². The van der Waals surface area contributed by atoms with Crippen molar-refractivity contribution in [3.8, 4) is 0 Å². The summed E-state index contributed by atoms with van der Waals surface area (Å²) < 4.78 is 5.31. The number of carbonyl (C=O) groups is 2. The smallest absolute Gasteiger partial charge is 0.254 e. The van der Waals surface area contributed by atoms with Crippen molar-refractivity contribution in [3.63, 3.8) is 0 Å². The van der Waals surface area contributed by atoms with Crippen LogP contribution in [0.2, 0.25) is 0 Å². The van der Waals surface area contributed by atoms with Crippen LogP contribution in [0.25, 0.3) is 0 Å². The molecule has 2 fully saturated rings. The number of likely N-dealkylation sites (tertiary alicyclic amines) is 1. The lowest BCUT2D eigenvalue weighted by Crippen LogP contribution is -2.41. The van der Waals surface area contributed by atoms with Gasteiger partial charge < -0.3 is 14.5 Å². The molecule has 142 valence electrons. The second-order valence-electron chi connectivity index (χ2n) is 7.73. The third-order valence-electron chi connectivity index (χ3n) is 5.44. The van der Waals surface area contributed by atoms with Gasteiger partial charge in [0.05, 0.1) is 13.2 Å². The number of amides is 2. The average molecular weight is 358 g/mol. The summed E-state index contributed by atoms with van der Waals surface area (Å²) in [5.41, 5.74) is 2.03. The number of benzene rings is 1. The van der Waals surface area contributed by atoms with Gasteiger partial charge in [0.25, 0.3) is 5.91 Å². The fraction of sp³-hybridized carbons (Fsp3) is 0.619. The Bertz CT molecular complexity index is 613. The van der Waals surface area contributed by atoms with Crippen LogP contribution in [0.1, 0.15) is 42.6 Å². The number of morpholine rings is 1. The second-order valence-corrected chi connectivity index (χ2v) is 7.73. The first-order valence-corrected chi connectivity index (χ1v) is 9.79. The van der Waals surface area contributed by atoms with Crippen molar-refractivity contribution >= 4 is 11.8 Å². The zero-order valence-corrected chi connectivity index (χ0v) is 15.9. The Kier molecular flexibility index (Phi) is 6.30. The van der Waals surface area contributed by atoms with E-state index in [-0.39, 0.29) is 17.7 Å². The van der Waals surface area contributed by atoms with Gasteiger partial charge in [-0.2, -0.15) is 0 Å². The van der Waals surface area contributed by atoms with Crippen LogP contribution in [0.3, 0.4) is 0 Å². The van der Waals surface area contributed by atoms with E-state index >= 15 is 0 Å². The molecule has 2 amide bonds. The summed E-state index contributed by atoms with van der Waals surface area (Å²) in [5.74, 6) is 1.07. The molecule has 5 heteroatoms. The van der Waals surface area contributed by atoms with Crippen LogP contribution >= 0.6 is 0 Å². The summed E-state index contributed by atoms with van der Waals surface area (Å²) in [4.78, 5) is 28.4. The minimum Gasteiger partial charge on any atom is -0.378 e. The average Bonchev–Trinajstić information content (AvgIpc) is 2.68. The quantitative estimate of drug-likeness (QED) is 0.831. The summed E-state index contributed by atoms with van der Waals surface area (Å²) in [5, 5.41) is 0. The lowest BCUT2D eigenvalue weighted by molar-refractivity contribution is -0.135. The summed E-state index contributed by atoms with van der Waals surface area (Å²) in [6.45, 7) is 8.28. The van der Waals surface area contributed by atoms with Gasteiger partial charge in [-0.05, 0) is 42.9 Å². The van der Waals surface area contributed by atoms with E-state index in [1.807, 2.05) is 35.8 Å². The Morgan fingerprint density at radius 2 is 1.62 bits per heavy atom. The molecule has 5 nitrogen and oxygen atoms in total. The first-order valence-electron chi connectivity index (χ1n) is 9.79. The molecular formula is C21H30N2O3. The predicted octanol–water partition coefficient (Wildman–Crippen LogP) is 2.60. The van der Waals surface area contributed by atoms with E-state index in [4.69, 9.17) is 4.74 Å². The number of nitrogens with zero attached hydrogens (tertiary/aromatic N) is 2. The molecule has 2 aliphatic rings. The van der Waals surface area contributed by atoms with Gasteiger partial charge in [0, 0.05) is 37.7 Å². The summed E-state index contributed by atoms with van der Waals surface area (Å²) in [6, 6.07) is 8.06. The molecule has 1 aromatic rings. The highest BCUT2D eigenvalue weighted by Gasteiger charge is 2.24. The number of rotatable bonds is 4. The molecule has 2 saturated heterocycles. The molecule has 0 N–H and O–H groups in total. The van der Waals surface area contributed by atoms with E-state index in [0.29, 0.717) is 32.2 Å². The highest BCUT2D eigenvalue weighted by atomic mass is 16.5. The van der Waals surface area contributed by atoms with Crippen LogP contribution < -0.4 is 0 Å². The van der Waals surface area contributed by atoms with Crippen molar-refractivity contribution in [2.45, 2.75) is 33.1 Å². The topological polar surface area (TPSA) is 49.9 Å². The van der Waals surface area contributed by atoms with Crippen molar-refractivity contribution in [1.29, 1.82) is 0 Å². The van der Waals surface area contributed by atoms with Crippen LogP contribution in [-0.4, -0.2) is 61.0 Å². The van der Waals surface area contributed by atoms with Crippen LogP contribution in [0.5, 0.6) is 0 Å². The maximum atomic E-state index is 12.5. The van der Waals surface area contributed by atoms with Crippen molar-refractivity contribution in [3.05, 3.63) is 35.4 Å². The highest BCUT2D eigenvalue weighted by Crippen LogP contribution is 2.23. The third-order valence-corrected chi connectivity index (χ3v) is 5.44. The van der Waals surface area contributed by atoms with Crippen LogP contribution in [0.15, 0.2) is 24.3 Å². The molecule has 3 rings (SSSR count). The maximum absolute atomic E-state index is 12.5. The van der Waals surface area contributed by atoms with E-state index in [0.717, 1.165) is 37.9 Å². The molecule has 0 bridgehead atoms. The van der Waals surface area contributed by atoms with Crippen molar-refractivity contribution in [1.82, 2.24) is 9.80 Å². The zero-order valence-electron chi connectivity index (χ0n) is 15.9. The normalized spacial score (nSPS) is 19.0. The van der Waals surface area contributed by atoms with Gasteiger partial charge in [-0.1, -0.05) is 26.0 Å². The molecule has 2 aliphatic heterocycles. The number of carbonyl (C=O) groups excluding carboxylic acids is 2. The van der Waals surface area contributed by atoms with E-state index in [9.17, 15) is 9.59 Å². The Labute approximate surface area is 156 Å².